The number of nitrogens with one attached hydrogen (secondary N) is 1. The molecule has 0 fully saturated rings. The number of anilines is 1. The van der Waals surface area contributed by atoms with Crippen LogP contribution in [0.3, 0.4) is 0 Å². The number of hydrogen-bond donors (Lipinski definition) is 1. The van der Waals surface area contributed by atoms with Gasteiger partial charge >= 0.3 is 12.1 Å². The highest BCUT2D eigenvalue weighted by molar-refractivity contribution is 14.1. The first kappa shape index (κ1) is 11.3. The van der Waals surface area contributed by atoms with Gasteiger partial charge in [-0.05, 0) is 43.4 Å². The minimum atomic E-state index is -0.573. The van der Waals surface area contributed by atoms with Gasteiger partial charge in [0, 0.05) is 0 Å². The Labute approximate surface area is 95.4 Å². The van der Waals surface area contributed by atoms with Gasteiger partial charge in [0.1, 0.15) is 15.6 Å². The number of nitrogens with zero attached hydrogens (tertiary/aromatic N) is 1. The number of oxazole rings is 1. The van der Waals surface area contributed by atoms with Crippen LogP contribution in [0.25, 0.3) is 0 Å². The van der Waals surface area contributed by atoms with Gasteiger partial charge in [-0.3, -0.25) is 0 Å². The Morgan fingerprint density at radius 2 is 2.29 bits per heavy atom. The van der Waals surface area contributed by atoms with E-state index in [1.54, 1.807) is 20.8 Å². The molecule has 1 rings (SSSR count). The second-order valence-corrected chi connectivity index (χ2v) is 4.71. The molecule has 0 aliphatic rings. The van der Waals surface area contributed by atoms with Gasteiger partial charge in [-0.15, -0.1) is 0 Å². The van der Waals surface area contributed by atoms with Crippen LogP contribution in [0, 0.1) is 3.70 Å². The fourth-order valence-corrected chi connectivity index (χ4v) is 1.05. The molecule has 0 saturated carbocycles. The van der Waals surface area contributed by atoms with E-state index in [1.165, 1.54) is 6.26 Å². The lowest BCUT2D eigenvalue weighted by Crippen LogP contribution is -2.27. The van der Waals surface area contributed by atoms with Crippen molar-refractivity contribution in [2.45, 2.75) is 26.4 Å². The molecule has 1 amide bonds. The summed E-state index contributed by atoms with van der Waals surface area (Å²) in [4.78, 5) is 15.1. The van der Waals surface area contributed by atoms with E-state index in [4.69, 9.17) is 9.15 Å². The number of ether oxygens (including phenoxy) is 1. The van der Waals surface area contributed by atoms with Crippen LogP contribution in [0.4, 0.5) is 10.8 Å². The fourth-order valence-electron chi connectivity index (χ4n) is 0.702. The maximum absolute atomic E-state index is 11.2. The average molecular weight is 310 g/mol. The number of aromatic nitrogens is 1. The van der Waals surface area contributed by atoms with Crippen molar-refractivity contribution in [3.05, 3.63) is 9.96 Å². The van der Waals surface area contributed by atoms with Gasteiger partial charge in [-0.1, -0.05) is 0 Å². The topological polar surface area (TPSA) is 64.4 Å². The molecule has 78 valence electrons. The van der Waals surface area contributed by atoms with Gasteiger partial charge in [0.2, 0.25) is 0 Å². The Morgan fingerprint density at radius 1 is 1.64 bits per heavy atom. The molecule has 0 atom stereocenters. The van der Waals surface area contributed by atoms with Crippen LogP contribution in [0.1, 0.15) is 20.8 Å². The third kappa shape index (κ3) is 3.95. The predicted molar refractivity (Wildman–Crippen MR) is 59.1 cm³/mol. The minimum Gasteiger partial charge on any atom is -0.443 e. The zero-order chi connectivity index (χ0) is 10.8. The van der Waals surface area contributed by atoms with Crippen LogP contribution in [0.2, 0.25) is 0 Å². The normalized spacial score (nSPS) is 11.1. The summed E-state index contributed by atoms with van der Waals surface area (Å²) in [6.45, 7) is 5.35. The van der Waals surface area contributed by atoms with Crippen LogP contribution >= 0.6 is 22.6 Å². The van der Waals surface area contributed by atoms with E-state index >= 15 is 0 Å². The van der Waals surface area contributed by atoms with E-state index in [9.17, 15) is 4.79 Å². The number of rotatable bonds is 1. The highest BCUT2D eigenvalue weighted by Gasteiger charge is 2.17. The number of carbonyl (C=O) groups excluding carboxylic acids is 1. The van der Waals surface area contributed by atoms with E-state index < -0.39 is 11.7 Å². The third-order valence-corrected chi connectivity index (χ3v) is 1.58. The Morgan fingerprint density at radius 3 is 2.71 bits per heavy atom. The van der Waals surface area contributed by atoms with Crippen molar-refractivity contribution >= 4 is 34.7 Å². The van der Waals surface area contributed by atoms with Gasteiger partial charge in [-0.25, -0.2) is 10.1 Å². The molecule has 0 aliphatic carbocycles. The maximum Gasteiger partial charge on any atom is 0.415 e. The van der Waals surface area contributed by atoms with E-state index in [0.717, 1.165) is 0 Å². The van der Waals surface area contributed by atoms with Crippen molar-refractivity contribution in [2.24, 2.45) is 0 Å². The first-order valence-corrected chi connectivity index (χ1v) is 5.06. The van der Waals surface area contributed by atoms with Crippen molar-refractivity contribution in [1.82, 2.24) is 4.98 Å². The van der Waals surface area contributed by atoms with Gasteiger partial charge in [0.05, 0.1) is 0 Å². The largest absolute Gasteiger partial charge is 0.443 e. The SMILES string of the molecule is CC(C)(C)OC(=O)Nc1nc(I)co1. The van der Waals surface area contributed by atoms with Crippen LogP contribution < -0.4 is 5.32 Å². The molecule has 0 aliphatic heterocycles. The van der Waals surface area contributed by atoms with Crippen LogP contribution in [-0.2, 0) is 4.74 Å². The number of carbonyl (C=O) groups is 1. The second-order valence-electron chi connectivity index (χ2n) is 3.60. The average Bonchev–Trinajstić information content (AvgIpc) is 2.30. The Balaban J connectivity index is 2.50. The van der Waals surface area contributed by atoms with Crippen molar-refractivity contribution in [3.8, 4) is 0 Å². The van der Waals surface area contributed by atoms with Gasteiger partial charge < -0.3 is 9.15 Å². The molecular weight excluding hydrogens is 299 g/mol. The molecule has 0 radical (unpaired) electrons. The molecule has 1 N–H and O–H groups in total. The molecule has 0 saturated heterocycles. The highest BCUT2D eigenvalue weighted by atomic mass is 127. The smallest absolute Gasteiger partial charge is 0.415 e. The summed E-state index contributed by atoms with van der Waals surface area (Å²) in [7, 11) is 0. The number of hydrogen-bond acceptors (Lipinski definition) is 4. The lowest BCUT2D eigenvalue weighted by atomic mass is 10.2. The first-order chi connectivity index (χ1) is 6.37. The highest BCUT2D eigenvalue weighted by Crippen LogP contribution is 2.12. The van der Waals surface area contributed by atoms with Gasteiger partial charge in [0.25, 0.3) is 0 Å². The quantitative estimate of drug-likeness (QED) is 0.810. The maximum atomic E-state index is 11.2. The monoisotopic (exact) mass is 310 g/mol. The summed E-state index contributed by atoms with van der Waals surface area (Å²) in [5.41, 5.74) is -0.524. The molecule has 0 spiro atoms. The van der Waals surface area contributed by atoms with Crippen molar-refractivity contribution in [3.63, 3.8) is 0 Å². The molecule has 14 heavy (non-hydrogen) atoms. The zero-order valence-corrected chi connectivity index (χ0v) is 10.3. The molecule has 0 aromatic carbocycles. The van der Waals surface area contributed by atoms with Crippen LogP contribution in [0.5, 0.6) is 0 Å². The molecule has 1 aromatic heterocycles. The fraction of sp³-hybridized carbons (Fsp3) is 0.500. The zero-order valence-electron chi connectivity index (χ0n) is 8.13. The summed E-state index contributed by atoms with van der Waals surface area (Å²) < 4.78 is 10.6. The summed E-state index contributed by atoms with van der Waals surface area (Å²) in [6.07, 6.45) is 0.864. The van der Waals surface area contributed by atoms with E-state index in [1.807, 2.05) is 22.6 Å². The Kier molecular flexibility index (Phi) is 3.35. The summed E-state index contributed by atoms with van der Waals surface area (Å²) in [6, 6.07) is 0.142. The van der Waals surface area contributed by atoms with E-state index in [2.05, 4.69) is 10.3 Å². The van der Waals surface area contributed by atoms with Crippen molar-refractivity contribution < 1.29 is 13.9 Å². The Bertz CT molecular complexity index is 330. The van der Waals surface area contributed by atoms with Crippen LogP contribution in [0.15, 0.2) is 10.7 Å². The number of amides is 1. The minimum absolute atomic E-state index is 0.142. The van der Waals surface area contributed by atoms with Crippen molar-refractivity contribution in [2.75, 3.05) is 5.32 Å². The van der Waals surface area contributed by atoms with Gasteiger partial charge in [0.15, 0.2) is 0 Å². The lowest BCUT2D eigenvalue weighted by Gasteiger charge is -2.18. The Hall–Kier alpha value is -0.790. The summed E-state index contributed by atoms with van der Waals surface area (Å²) in [5, 5.41) is 2.38. The standard InChI is InChI=1S/C8H11IN2O3/c1-8(2,3)14-7(12)11-6-10-5(9)4-13-6/h4H,1-3H3,(H,10,11,12). The van der Waals surface area contributed by atoms with E-state index in [0.29, 0.717) is 3.70 Å². The number of halogens is 1. The van der Waals surface area contributed by atoms with E-state index in [-0.39, 0.29) is 6.01 Å². The second kappa shape index (κ2) is 4.16. The third-order valence-electron chi connectivity index (χ3n) is 1.08. The molecule has 0 bridgehead atoms. The summed E-state index contributed by atoms with van der Waals surface area (Å²) >= 11 is 1.98. The molecule has 1 aromatic rings. The van der Waals surface area contributed by atoms with Crippen LogP contribution in [-0.4, -0.2) is 16.7 Å². The molecule has 5 nitrogen and oxygen atoms in total. The lowest BCUT2D eigenvalue weighted by molar-refractivity contribution is 0.0632. The first-order valence-electron chi connectivity index (χ1n) is 3.98. The molecule has 6 heteroatoms. The molecular formula is C8H11IN2O3. The molecule has 0 unspecified atom stereocenters. The summed E-state index contributed by atoms with van der Waals surface area (Å²) in [5.74, 6) is 0. The van der Waals surface area contributed by atoms with Gasteiger partial charge in [-0.2, -0.15) is 4.98 Å². The molecule has 1 heterocycles. The van der Waals surface area contributed by atoms with Crippen molar-refractivity contribution in [1.29, 1.82) is 0 Å². The predicted octanol–water partition coefficient (Wildman–Crippen LogP) is 2.63.